The molecule has 1 atom stereocenters. The molecule has 1 aromatic carbocycles. The molecule has 0 radical (unpaired) electrons. The molecule has 0 aliphatic rings. The Morgan fingerprint density at radius 1 is 1.45 bits per heavy atom. The minimum absolute atomic E-state index is 0.215. The standard InChI is InChI=1S/C14H18BrN3O2/c1-4-16-9(2)12-6-5-11(15)7-13(12)19-8-14-17-10(3)18-20-14/h5-7,9,16H,4,8H2,1-3H3. The number of aryl methyl sites for hydroxylation is 1. The van der Waals surface area contributed by atoms with Crippen molar-refractivity contribution in [2.75, 3.05) is 6.54 Å². The second kappa shape index (κ2) is 6.85. The summed E-state index contributed by atoms with van der Waals surface area (Å²) in [4.78, 5) is 4.13. The summed E-state index contributed by atoms with van der Waals surface area (Å²) in [5.74, 6) is 1.90. The third kappa shape index (κ3) is 3.80. The predicted molar refractivity (Wildman–Crippen MR) is 79.6 cm³/mol. The zero-order valence-corrected chi connectivity index (χ0v) is 13.4. The lowest BCUT2D eigenvalue weighted by Gasteiger charge is -2.17. The average Bonchev–Trinajstić information content (AvgIpc) is 2.82. The maximum atomic E-state index is 5.82. The third-order valence-electron chi connectivity index (χ3n) is 2.87. The summed E-state index contributed by atoms with van der Waals surface area (Å²) in [7, 11) is 0. The largest absolute Gasteiger partial charge is 0.483 e. The molecular weight excluding hydrogens is 322 g/mol. The van der Waals surface area contributed by atoms with Crippen LogP contribution in [0.25, 0.3) is 0 Å². The topological polar surface area (TPSA) is 60.2 Å². The van der Waals surface area contributed by atoms with Gasteiger partial charge < -0.3 is 14.6 Å². The monoisotopic (exact) mass is 339 g/mol. The first kappa shape index (κ1) is 15.0. The maximum absolute atomic E-state index is 5.82. The Morgan fingerprint density at radius 3 is 2.90 bits per heavy atom. The van der Waals surface area contributed by atoms with Crippen LogP contribution in [0.1, 0.15) is 37.2 Å². The van der Waals surface area contributed by atoms with E-state index < -0.39 is 0 Å². The molecule has 1 unspecified atom stereocenters. The first-order chi connectivity index (χ1) is 9.60. The zero-order chi connectivity index (χ0) is 14.5. The van der Waals surface area contributed by atoms with Crippen molar-refractivity contribution in [3.05, 3.63) is 40.0 Å². The van der Waals surface area contributed by atoms with Crippen molar-refractivity contribution in [2.24, 2.45) is 0 Å². The normalized spacial score (nSPS) is 12.4. The number of ether oxygens (including phenoxy) is 1. The van der Waals surface area contributed by atoms with E-state index in [-0.39, 0.29) is 12.6 Å². The Bertz CT molecular complexity index is 571. The molecule has 0 saturated carbocycles. The van der Waals surface area contributed by atoms with Crippen molar-refractivity contribution in [3.8, 4) is 5.75 Å². The Hall–Kier alpha value is -1.40. The molecular formula is C14H18BrN3O2. The molecule has 6 heteroatoms. The molecule has 0 amide bonds. The summed E-state index contributed by atoms with van der Waals surface area (Å²) in [5, 5.41) is 7.12. The summed E-state index contributed by atoms with van der Waals surface area (Å²) >= 11 is 3.46. The molecule has 1 aromatic heterocycles. The van der Waals surface area contributed by atoms with Crippen LogP contribution in [-0.2, 0) is 6.61 Å². The fourth-order valence-electron chi connectivity index (χ4n) is 1.95. The number of halogens is 1. The zero-order valence-electron chi connectivity index (χ0n) is 11.8. The lowest BCUT2D eigenvalue weighted by atomic mass is 10.1. The van der Waals surface area contributed by atoms with Gasteiger partial charge in [0.15, 0.2) is 12.4 Å². The molecule has 0 spiro atoms. The second-order valence-corrected chi connectivity index (χ2v) is 5.40. The average molecular weight is 340 g/mol. The molecule has 0 aliphatic carbocycles. The summed E-state index contributed by atoms with van der Waals surface area (Å²) in [5.41, 5.74) is 1.10. The van der Waals surface area contributed by atoms with Crippen molar-refractivity contribution in [3.63, 3.8) is 0 Å². The molecule has 20 heavy (non-hydrogen) atoms. The van der Waals surface area contributed by atoms with E-state index in [0.717, 1.165) is 22.3 Å². The molecule has 2 aromatic rings. The number of aromatic nitrogens is 2. The smallest absolute Gasteiger partial charge is 0.264 e. The Labute approximate surface area is 126 Å². The van der Waals surface area contributed by atoms with E-state index in [2.05, 4.69) is 45.2 Å². The summed E-state index contributed by atoms with van der Waals surface area (Å²) < 4.78 is 11.8. The van der Waals surface area contributed by atoms with Crippen LogP contribution >= 0.6 is 15.9 Å². The van der Waals surface area contributed by atoms with E-state index in [4.69, 9.17) is 9.26 Å². The van der Waals surface area contributed by atoms with Crippen LogP contribution in [0.2, 0.25) is 0 Å². The summed E-state index contributed by atoms with van der Waals surface area (Å²) in [6.45, 7) is 7.14. The van der Waals surface area contributed by atoms with Gasteiger partial charge in [0.05, 0.1) is 0 Å². The quantitative estimate of drug-likeness (QED) is 0.873. The van der Waals surface area contributed by atoms with Gasteiger partial charge in [0.25, 0.3) is 5.89 Å². The van der Waals surface area contributed by atoms with Crippen molar-refractivity contribution >= 4 is 15.9 Å². The molecule has 0 bridgehead atoms. The van der Waals surface area contributed by atoms with Crippen molar-refractivity contribution in [2.45, 2.75) is 33.4 Å². The van der Waals surface area contributed by atoms with Gasteiger partial charge in [-0.1, -0.05) is 34.1 Å². The van der Waals surface area contributed by atoms with E-state index in [1.54, 1.807) is 6.92 Å². The van der Waals surface area contributed by atoms with Crippen molar-refractivity contribution < 1.29 is 9.26 Å². The van der Waals surface area contributed by atoms with Crippen molar-refractivity contribution in [1.29, 1.82) is 0 Å². The fraction of sp³-hybridized carbons (Fsp3) is 0.429. The fourth-order valence-corrected chi connectivity index (χ4v) is 2.29. The Morgan fingerprint density at radius 2 is 2.25 bits per heavy atom. The highest BCUT2D eigenvalue weighted by Crippen LogP contribution is 2.29. The summed E-state index contributed by atoms with van der Waals surface area (Å²) in [6.07, 6.45) is 0. The minimum atomic E-state index is 0.215. The van der Waals surface area contributed by atoms with Gasteiger partial charge in [-0.2, -0.15) is 4.98 Å². The van der Waals surface area contributed by atoms with Crippen molar-refractivity contribution in [1.82, 2.24) is 15.5 Å². The Kier molecular flexibility index (Phi) is 5.14. The minimum Gasteiger partial charge on any atom is -0.483 e. The number of rotatable bonds is 6. The number of nitrogens with zero attached hydrogens (tertiary/aromatic N) is 2. The maximum Gasteiger partial charge on any atom is 0.264 e. The molecule has 0 aliphatic heterocycles. The molecule has 1 N–H and O–H groups in total. The van der Waals surface area contributed by atoms with Gasteiger partial charge in [-0.05, 0) is 32.5 Å². The number of nitrogens with one attached hydrogen (secondary N) is 1. The van der Waals surface area contributed by atoms with E-state index in [1.807, 2.05) is 18.2 Å². The van der Waals surface area contributed by atoms with Crippen LogP contribution in [0.5, 0.6) is 5.75 Å². The van der Waals surface area contributed by atoms with Crippen LogP contribution in [0.4, 0.5) is 0 Å². The van der Waals surface area contributed by atoms with Gasteiger partial charge in [-0.25, -0.2) is 0 Å². The van der Waals surface area contributed by atoms with Crippen LogP contribution in [0, 0.1) is 6.92 Å². The number of benzene rings is 1. The molecule has 5 nitrogen and oxygen atoms in total. The van der Waals surface area contributed by atoms with Crippen LogP contribution < -0.4 is 10.1 Å². The van der Waals surface area contributed by atoms with E-state index in [1.165, 1.54) is 0 Å². The highest BCUT2D eigenvalue weighted by molar-refractivity contribution is 9.10. The van der Waals surface area contributed by atoms with Crippen LogP contribution in [0.3, 0.4) is 0 Å². The molecule has 0 fully saturated rings. The highest BCUT2D eigenvalue weighted by atomic mass is 79.9. The lowest BCUT2D eigenvalue weighted by molar-refractivity contribution is 0.239. The molecule has 0 saturated heterocycles. The first-order valence-corrected chi connectivity index (χ1v) is 7.34. The molecule has 1 heterocycles. The second-order valence-electron chi connectivity index (χ2n) is 4.49. The van der Waals surface area contributed by atoms with E-state index in [9.17, 15) is 0 Å². The number of hydrogen-bond acceptors (Lipinski definition) is 5. The SMILES string of the molecule is CCNC(C)c1ccc(Br)cc1OCc1nc(C)no1. The van der Waals surface area contributed by atoms with Crippen LogP contribution in [0.15, 0.2) is 27.2 Å². The van der Waals surface area contributed by atoms with Gasteiger partial charge in [0, 0.05) is 16.1 Å². The van der Waals surface area contributed by atoms with Gasteiger partial charge >= 0.3 is 0 Å². The van der Waals surface area contributed by atoms with Gasteiger partial charge in [0.2, 0.25) is 0 Å². The Balaban J connectivity index is 2.14. The lowest BCUT2D eigenvalue weighted by Crippen LogP contribution is -2.18. The first-order valence-electron chi connectivity index (χ1n) is 6.55. The summed E-state index contributed by atoms with van der Waals surface area (Å²) in [6, 6.07) is 6.22. The van der Waals surface area contributed by atoms with E-state index in [0.29, 0.717) is 11.7 Å². The van der Waals surface area contributed by atoms with Gasteiger partial charge in [-0.15, -0.1) is 0 Å². The molecule has 2 rings (SSSR count). The van der Waals surface area contributed by atoms with E-state index >= 15 is 0 Å². The van der Waals surface area contributed by atoms with Gasteiger partial charge in [0.1, 0.15) is 5.75 Å². The van der Waals surface area contributed by atoms with Gasteiger partial charge in [-0.3, -0.25) is 0 Å². The molecule has 108 valence electrons. The third-order valence-corrected chi connectivity index (χ3v) is 3.37. The van der Waals surface area contributed by atoms with Crippen LogP contribution in [-0.4, -0.2) is 16.7 Å². The predicted octanol–water partition coefficient (Wildman–Crippen LogP) is 3.39. The highest BCUT2D eigenvalue weighted by Gasteiger charge is 2.13. The number of hydrogen-bond donors (Lipinski definition) is 1.